The molecule has 2 aromatic carbocycles. The van der Waals surface area contributed by atoms with Gasteiger partial charge in [0.25, 0.3) is 0 Å². The van der Waals surface area contributed by atoms with Crippen molar-refractivity contribution in [3.05, 3.63) is 59.1 Å². The molecule has 0 saturated carbocycles. The van der Waals surface area contributed by atoms with Gasteiger partial charge in [-0.1, -0.05) is 6.92 Å². The Kier molecular flexibility index (Phi) is 7.02. The summed E-state index contributed by atoms with van der Waals surface area (Å²) in [7, 11) is 0. The van der Waals surface area contributed by atoms with Crippen molar-refractivity contribution in [1.29, 1.82) is 0 Å². The average Bonchev–Trinajstić information content (AvgIpc) is 3.05. The van der Waals surface area contributed by atoms with E-state index in [2.05, 4.69) is 22.4 Å². The predicted octanol–water partition coefficient (Wildman–Crippen LogP) is 4.72. The van der Waals surface area contributed by atoms with Crippen LogP contribution in [0.4, 0.5) is 5.69 Å². The summed E-state index contributed by atoms with van der Waals surface area (Å²) >= 11 is 5.21. The van der Waals surface area contributed by atoms with Gasteiger partial charge in [-0.15, -0.1) is 0 Å². The minimum atomic E-state index is -0.167. The van der Waals surface area contributed by atoms with Crippen LogP contribution in [0.1, 0.15) is 26.1 Å². The molecule has 0 aliphatic carbocycles. The zero-order chi connectivity index (χ0) is 20.6. The van der Waals surface area contributed by atoms with Crippen LogP contribution in [0.3, 0.4) is 0 Å². The first kappa shape index (κ1) is 20.6. The molecular weight excluding hydrogens is 388 g/mol. The van der Waals surface area contributed by atoms with E-state index in [-0.39, 0.29) is 12.5 Å². The summed E-state index contributed by atoms with van der Waals surface area (Å²) in [5, 5.41) is 9.79. The third-order valence-electron chi connectivity index (χ3n) is 4.12. The van der Waals surface area contributed by atoms with Crippen LogP contribution < -0.4 is 14.8 Å². The Morgan fingerprint density at radius 3 is 2.31 bits per heavy atom. The number of carbonyl (C=O) groups excluding carboxylic acids is 1. The zero-order valence-electron chi connectivity index (χ0n) is 16.5. The number of carbonyl (C=O) groups is 1. The van der Waals surface area contributed by atoms with E-state index < -0.39 is 0 Å². The van der Waals surface area contributed by atoms with Gasteiger partial charge in [0, 0.05) is 12.1 Å². The highest BCUT2D eigenvalue weighted by atomic mass is 32.1. The Morgan fingerprint density at radius 1 is 1.07 bits per heavy atom. The summed E-state index contributed by atoms with van der Waals surface area (Å²) in [4.78, 5) is 12.4. The Bertz CT molecular complexity index is 994. The van der Waals surface area contributed by atoms with E-state index in [0.717, 1.165) is 24.4 Å². The van der Waals surface area contributed by atoms with Crippen LogP contribution in [0.5, 0.6) is 17.2 Å². The fourth-order valence-corrected chi connectivity index (χ4v) is 3.00. The number of nitrogens with one attached hydrogen (secondary N) is 2. The number of aromatic amines is 1. The fourth-order valence-electron chi connectivity index (χ4n) is 2.78. The highest BCUT2D eigenvalue weighted by molar-refractivity contribution is 7.71. The van der Waals surface area contributed by atoms with Crippen LogP contribution in [0.15, 0.2) is 48.5 Å². The third-order valence-corrected chi connectivity index (χ3v) is 4.43. The number of rotatable bonds is 9. The van der Waals surface area contributed by atoms with E-state index in [4.69, 9.17) is 21.7 Å². The maximum absolute atomic E-state index is 12.4. The molecule has 1 heterocycles. The maximum Gasteiger partial charge on any atom is 0.244 e. The molecule has 0 bridgehead atoms. The molecule has 7 nitrogen and oxygen atoms in total. The van der Waals surface area contributed by atoms with E-state index in [1.165, 1.54) is 0 Å². The SMILES string of the molecule is CCCc1n[nH]c(=S)n1CC(=O)Nc1ccc(Oc2ccc(OCC)cc2)cc1. The lowest BCUT2D eigenvalue weighted by Crippen LogP contribution is -2.20. The molecule has 152 valence electrons. The highest BCUT2D eigenvalue weighted by Crippen LogP contribution is 2.25. The van der Waals surface area contributed by atoms with E-state index in [1.807, 2.05) is 31.2 Å². The summed E-state index contributed by atoms with van der Waals surface area (Å²) in [5.41, 5.74) is 0.682. The highest BCUT2D eigenvalue weighted by Gasteiger charge is 2.10. The van der Waals surface area contributed by atoms with Crippen LogP contribution in [-0.2, 0) is 17.8 Å². The molecule has 0 aliphatic rings. The third kappa shape index (κ3) is 5.68. The molecule has 29 heavy (non-hydrogen) atoms. The number of hydrogen-bond acceptors (Lipinski definition) is 5. The monoisotopic (exact) mass is 412 g/mol. The Labute approximate surface area is 174 Å². The van der Waals surface area contributed by atoms with Crippen LogP contribution >= 0.6 is 12.2 Å². The number of benzene rings is 2. The van der Waals surface area contributed by atoms with Crippen molar-refractivity contribution in [3.8, 4) is 17.2 Å². The summed E-state index contributed by atoms with van der Waals surface area (Å²) in [6, 6.07) is 14.6. The maximum atomic E-state index is 12.4. The van der Waals surface area contributed by atoms with Crippen LogP contribution in [0, 0.1) is 4.77 Å². The standard InChI is InChI=1S/C21H24N4O3S/c1-3-5-19-23-24-21(29)25(19)14-20(26)22-15-6-8-17(9-7-15)28-18-12-10-16(11-13-18)27-4-2/h6-13H,3-5,14H2,1-2H3,(H,22,26)(H,24,29). The van der Waals surface area contributed by atoms with E-state index >= 15 is 0 Å². The van der Waals surface area contributed by atoms with Crippen molar-refractivity contribution in [3.63, 3.8) is 0 Å². The number of hydrogen-bond donors (Lipinski definition) is 2. The van der Waals surface area contributed by atoms with Crippen molar-refractivity contribution < 1.29 is 14.3 Å². The second-order valence-corrected chi connectivity index (χ2v) is 6.75. The largest absolute Gasteiger partial charge is 0.494 e. The number of ether oxygens (including phenoxy) is 2. The minimum absolute atomic E-state index is 0.120. The molecule has 1 aromatic heterocycles. The first-order chi connectivity index (χ1) is 14.1. The number of H-pyrrole nitrogens is 1. The molecule has 3 aromatic rings. The summed E-state index contributed by atoms with van der Waals surface area (Å²) in [6.07, 6.45) is 1.69. The summed E-state index contributed by atoms with van der Waals surface area (Å²) in [5.74, 6) is 2.81. The quantitative estimate of drug-likeness (QED) is 0.497. The lowest BCUT2D eigenvalue weighted by Gasteiger charge is -2.10. The van der Waals surface area contributed by atoms with Gasteiger partial charge in [0.1, 0.15) is 29.6 Å². The van der Waals surface area contributed by atoms with Gasteiger partial charge in [-0.3, -0.25) is 14.5 Å². The predicted molar refractivity (Wildman–Crippen MR) is 114 cm³/mol. The van der Waals surface area contributed by atoms with Crippen LogP contribution in [-0.4, -0.2) is 27.3 Å². The van der Waals surface area contributed by atoms with Crippen molar-refractivity contribution in [2.75, 3.05) is 11.9 Å². The number of anilines is 1. The first-order valence-corrected chi connectivity index (χ1v) is 9.94. The Morgan fingerprint density at radius 2 is 1.69 bits per heavy atom. The van der Waals surface area contributed by atoms with Gasteiger partial charge in [0.2, 0.25) is 5.91 Å². The van der Waals surface area contributed by atoms with Gasteiger partial charge in [-0.25, -0.2) is 0 Å². The van der Waals surface area contributed by atoms with E-state index in [1.54, 1.807) is 28.8 Å². The number of aryl methyl sites for hydroxylation is 1. The lowest BCUT2D eigenvalue weighted by atomic mass is 10.3. The van der Waals surface area contributed by atoms with E-state index in [9.17, 15) is 4.79 Å². The molecule has 3 rings (SSSR count). The summed E-state index contributed by atoms with van der Waals surface area (Å²) in [6.45, 7) is 4.74. The molecule has 0 spiro atoms. The fraction of sp³-hybridized carbons (Fsp3) is 0.286. The Balaban J connectivity index is 1.58. The van der Waals surface area contributed by atoms with Crippen molar-refractivity contribution in [2.45, 2.75) is 33.2 Å². The van der Waals surface area contributed by atoms with Gasteiger partial charge in [0.15, 0.2) is 4.77 Å². The topological polar surface area (TPSA) is 81.2 Å². The average molecular weight is 413 g/mol. The lowest BCUT2D eigenvalue weighted by molar-refractivity contribution is -0.116. The molecular formula is C21H24N4O3S. The van der Waals surface area contributed by atoms with Crippen LogP contribution in [0.25, 0.3) is 0 Å². The van der Waals surface area contributed by atoms with Gasteiger partial charge in [-0.2, -0.15) is 5.10 Å². The zero-order valence-corrected chi connectivity index (χ0v) is 17.3. The molecule has 0 fully saturated rings. The van der Waals surface area contributed by atoms with Crippen molar-refractivity contribution in [2.24, 2.45) is 0 Å². The molecule has 0 unspecified atom stereocenters. The number of nitrogens with zero attached hydrogens (tertiary/aromatic N) is 2. The number of aromatic nitrogens is 3. The van der Waals surface area contributed by atoms with Crippen molar-refractivity contribution in [1.82, 2.24) is 14.8 Å². The number of amides is 1. The summed E-state index contributed by atoms with van der Waals surface area (Å²) < 4.78 is 13.4. The molecule has 2 N–H and O–H groups in total. The molecule has 8 heteroatoms. The Hall–Kier alpha value is -3.13. The second kappa shape index (κ2) is 9.88. The van der Waals surface area contributed by atoms with Gasteiger partial charge >= 0.3 is 0 Å². The molecule has 0 atom stereocenters. The van der Waals surface area contributed by atoms with E-state index in [0.29, 0.717) is 28.6 Å². The molecule has 1 amide bonds. The van der Waals surface area contributed by atoms with Gasteiger partial charge in [0.05, 0.1) is 6.61 Å². The van der Waals surface area contributed by atoms with Crippen LogP contribution in [0.2, 0.25) is 0 Å². The van der Waals surface area contributed by atoms with Crippen molar-refractivity contribution >= 4 is 23.8 Å². The smallest absolute Gasteiger partial charge is 0.244 e. The normalized spacial score (nSPS) is 10.6. The van der Waals surface area contributed by atoms with Gasteiger partial charge < -0.3 is 14.8 Å². The minimum Gasteiger partial charge on any atom is -0.494 e. The molecule has 0 aliphatic heterocycles. The first-order valence-electron chi connectivity index (χ1n) is 9.53. The molecule has 0 saturated heterocycles. The van der Waals surface area contributed by atoms with Gasteiger partial charge in [-0.05, 0) is 74.1 Å². The second-order valence-electron chi connectivity index (χ2n) is 6.36. The molecule has 0 radical (unpaired) electrons.